The van der Waals surface area contributed by atoms with Crippen molar-refractivity contribution < 1.29 is 0 Å². The van der Waals surface area contributed by atoms with E-state index in [9.17, 15) is 0 Å². The van der Waals surface area contributed by atoms with E-state index in [0.717, 1.165) is 0 Å². The van der Waals surface area contributed by atoms with Crippen LogP contribution in [-0.2, 0) is 0 Å². The van der Waals surface area contributed by atoms with Gasteiger partial charge in [0, 0.05) is 0 Å². The zero-order valence-corrected chi connectivity index (χ0v) is 6.66. The van der Waals surface area contributed by atoms with Gasteiger partial charge in [-0.1, -0.05) is 0 Å². The Hall–Kier alpha value is 0.354. The van der Waals surface area contributed by atoms with Gasteiger partial charge in [-0.05, 0) is 12.3 Å². The average molecular weight is 118 g/mol. The van der Waals surface area contributed by atoms with Gasteiger partial charge in [-0.25, -0.2) is 0 Å². The van der Waals surface area contributed by atoms with Gasteiger partial charge in [-0.2, -0.15) is 0 Å². The van der Waals surface area contributed by atoms with Crippen LogP contribution in [0.15, 0.2) is 0 Å². The summed E-state index contributed by atoms with van der Waals surface area (Å²) in [6.07, 6.45) is 2.68. The summed E-state index contributed by atoms with van der Waals surface area (Å²) in [5.41, 5.74) is 0. The molecular weight excluding hydrogens is 108 g/mol. The highest BCUT2D eigenvalue weighted by Crippen LogP contribution is 1.59. The zero-order valence-electron chi connectivity index (χ0n) is 3.83. The molecular formula is C2H10N2Si2. The molecule has 1 fully saturated rings. The van der Waals surface area contributed by atoms with E-state index >= 15 is 0 Å². The first-order chi connectivity index (χ1) is 3.00. The molecule has 0 amide bonds. The maximum Gasteiger partial charge on any atom is 0.104 e. The molecule has 0 spiro atoms. The van der Waals surface area contributed by atoms with Crippen LogP contribution in [0.2, 0.25) is 0 Å². The number of hydrogen-bond donors (Lipinski definition) is 2. The average Bonchev–Trinajstić information content (AvgIpc) is 1.72. The van der Waals surface area contributed by atoms with Crippen LogP contribution in [0.5, 0.6) is 0 Å². The van der Waals surface area contributed by atoms with Gasteiger partial charge in [-0.3, -0.25) is 0 Å². The van der Waals surface area contributed by atoms with Crippen LogP contribution < -0.4 is 9.96 Å². The molecule has 0 saturated carbocycles. The molecule has 0 atom stereocenters. The Bertz CT molecular complexity index is 25.0. The molecule has 0 aliphatic carbocycles. The summed E-state index contributed by atoms with van der Waals surface area (Å²) in [5.74, 6) is 0. The van der Waals surface area contributed by atoms with Gasteiger partial charge < -0.3 is 9.96 Å². The van der Waals surface area contributed by atoms with Crippen LogP contribution in [-0.4, -0.2) is 31.7 Å². The minimum Gasteiger partial charge on any atom is -0.343 e. The first kappa shape index (κ1) is 4.51. The Labute approximate surface area is 42.5 Å². The lowest BCUT2D eigenvalue weighted by atomic mass is 11.5. The van der Waals surface area contributed by atoms with Gasteiger partial charge in [0.15, 0.2) is 0 Å². The van der Waals surface area contributed by atoms with Gasteiger partial charge in [0.25, 0.3) is 0 Å². The van der Waals surface area contributed by atoms with Crippen molar-refractivity contribution in [1.29, 1.82) is 0 Å². The largest absolute Gasteiger partial charge is 0.343 e. The number of rotatable bonds is 0. The summed E-state index contributed by atoms with van der Waals surface area (Å²) >= 11 is 0. The molecule has 36 valence electrons. The van der Waals surface area contributed by atoms with E-state index in [1.165, 1.54) is 12.3 Å². The Morgan fingerprint density at radius 1 is 1.00 bits per heavy atom. The van der Waals surface area contributed by atoms with E-state index in [1.807, 2.05) is 0 Å². The molecule has 1 saturated heterocycles. The fourth-order valence-corrected chi connectivity index (χ4v) is 4.37. The van der Waals surface area contributed by atoms with Gasteiger partial charge in [0.2, 0.25) is 0 Å². The standard InChI is InChI=1S/C2H10N2Si2/c1-3-6-2-4-5-1/h3-4H,1-2,5-6H2. The molecule has 6 heavy (non-hydrogen) atoms. The van der Waals surface area contributed by atoms with Crippen molar-refractivity contribution in [2.24, 2.45) is 0 Å². The number of nitrogens with one attached hydrogen (secondary N) is 2. The van der Waals surface area contributed by atoms with E-state index in [0.29, 0.717) is 0 Å². The summed E-state index contributed by atoms with van der Waals surface area (Å²) in [6, 6.07) is 0. The Balaban J connectivity index is 2.00. The summed E-state index contributed by atoms with van der Waals surface area (Å²) in [4.78, 5) is 6.85. The van der Waals surface area contributed by atoms with Crippen LogP contribution in [0.1, 0.15) is 0 Å². The second-order valence-corrected chi connectivity index (χ2v) is 4.50. The molecule has 1 heterocycles. The lowest BCUT2D eigenvalue weighted by Gasteiger charge is -2.09. The maximum absolute atomic E-state index is 3.42. The second-order valence-electron chi connectivity index (χ2n) is 1.50. The van der Waals surface area contributed by atoms with E-state index in [1.54, 1.807) is 0 Å². The SMILES string of the molecule is C1N[SiH2]CN[SiH2]1. The summed E-state index contributed by atoms with van der Waals surface area (Å²) in [5, 5.41) is 0. The van der Waals surface area contributed by atoms with Crippen molar-refractivity contribution in [3.8, 4) is 0 Å². The lowest BCUT2D eigenvalue weighted by Crippen LogP contribution is -2.45. The fourth-order valence-electron chi connectivity index (χ4n) is 0.604. The zero-order chi connectivity index (χ0) is 4.24. The fraction of sp³-hybridized carbons (Fsp3) is 1.00. The topological polar surface area (TPSA) is 24.1 Å². The maximum atomic E-state index is 3.42. The van der Waals surface area contributed by atoms with Crippen LogP contribution in [0, 0.1) is 0 Å². The smallest absolute Gasteiger partial charge is 0.104 e. The molecule has 1 aliphatic heterocycles. The molecule has 1 aliphatic rings. The molecule has 0 bridgehead atoms. The Kier molecular flexibility index (Phi) is 1.89. The molecule has 0 radical (unpaired) electrons. The van der Waals surface area contributed by atoms with Crippen molar-refractivity contribution in [3.63, 3.8) is 0 Å². The summed E-state index contributed by atoms with van der Waals surface area (Å²) in [6.45, 7) is 0. The van der Waals surface area contributed by atoms with Crippen molar-refractivity contribution in [2.75, 3.05) is 12.3 Å². The normalized spacial score (nSPS) is 32.0. The molecule has 0 aromatic carbocycles. The van der Waals surface area contributed by atoms with Crippen molar-refractivity contribution in [1.82, 2.24) is 9.96 Å². The number of hydrogen-bond acceptors (Lipinski definition) is 2. The van der Waals surface area contributed by atoms with Gasteiger partial charge >= 0.3 is 0 Å². The van der Waals surface area contributed by atoms with Crippen molar-refractivity contribution in [3.05, 3.63) is 0 Å². The first-order valence-electron chi connectivity index (χ1n) is 2.41. The molecule has 4 heteroatoms. The third-order valence-corrected chi connectivity index (χ3v) is 4.99. The van der Waals surface area contributed by atoms with Crippen LogP contribution in [0.4, 0.5) is 0 Å². The van der Waals surface area contributed by atoms with Crippen LogP contribution in [0.25, 0.3) is 0 Å². The molecule has 0 unspecified atom stereocenters. The van der Waals surface area contributed by atoms with Crippen LogP contribution in [0.3, 0.4) is 0 Å². The highest BCUT2D eigenvalue weighted by molar-refractivity contribution is 6.43. The third kappa shape index (κ3) is 1.21. The van der Waals surface area contributed by atoms with E-state index in [-0.39, 0.29) is 19.4 Å². The molecule has 0 aromatic heterocycles. The highest BCUT2D eigenvalue weighted by Gasteiger charge is 1.93. The molecule has 2 N–H and O–H groups in total. The lowest BCUT2D eigenvalue weighted by molar-refractivity contribution is 1.01. The van der Waals surface area contributed by atoms with E-state index < -0.39 is 0 Å². The first-order valence-corrected chi connectivity index (χ1v) is 5.83. The highest BCUT2D eigenvalue weighted by atomic mass is 28.2. The summed E-state index contributed by atoms with van der Waals surface area (Å²) in [7, 11) is 0.364. The van der Waals surface area contributed by atoms with Gasteiger partial charge in [0.1, 0.15) is 19.4 Å². The molecule has 2 nitrogen and oxygen atoms in total. The Morgan fingerprint density at radius 3 is 1.67 bits per heavy atom. The third-order valence-electron chi connectivity index (χ3n) is 0.957. The molecule has 0 aromatic rings. The monoisotopic (exact) mass is 118 g/mol. The minimum atomic E-state index is 0.182. The van der Waals surface area contributed by atoms with Crippen molar-refractivity contribution in [2.45, 2.75) is 0 Å². The van der Waals surface area contributed by atoms with Crippen molar-refractivity contribution >= 4 is 19.4 Å². The summed E-state index contributed by atoms with van der Waals surface area (Å²) < 4.78 is 0. The minimum absolute atomic E-state index is 0.182. The van der Waals surface area contributed by atoms with Crippen LogP contribution >= 0.6 is 0 Å². The van der Waals surface area contributed by atoms with Gasteiger partial charge in [0.05, 0.1) is 0 Å². The molecule has 1 rings (SSSR count). The van der Waals surface area contributed by atoms with E-state index in [2.05, 4.69) is 9.96 Å². The quantitative estimate of drug-likeness (QED) is 0.337. The predicted molar refractivity (Wildman–Crippen MR) is 33.1 cm³/mol. The predicted octanol–water partition coefficient (Wildman–Crippen LogP) is -2.74. The van der Waals surface area contributed by atoms with E-state index in [4.69, 9.17) is 0 Å². The second kappa shape index (κ2) is 2.51. The Morgan fingerprint density at radius 2 is 1.50 bits per heavy atom. The van der Waals surface area contributed by atoms with Gasteiger partial charge in [-0.15, -0.1) is 0 Å².